The summed E-state index contributed by atoms with van der Waals surface area (Å²) in [5.41, 5.74) is 0.971. The van der Waals surface area contributed by atoms with Crippen molar-refractivity contribution in [2.45, 2.75) is 11.8 Å². The van der Waals surface area contributed by atoms with Crippen LogP contribution in [0.5, 0.6) is 0 Å². The second kappa shape index (κ2) is 6.14. The van der Waals surface area contributed by atoms with Gasteiger partial charge in [0.1, 0.15) is 10.1 Å². The third kappa shape index (κ3) is 2.85. The summed E-state index contributed by atoms with van der Waals surface area (Å²) in [5, 5.41) is 3.74. The predicted molar refractivity (Wildman–Crippen MR) is 84.1 cm³/mol. The van der Waals surface area contributed by atoms with Crippen LogP contribution in [-0.2, 0) is 10.1 Å². The zero-order valence-electron chi connectivity index (χ0n) is 12.5. The van der Waals surface area contributed by atoms with Crippen LogP contribution in [0.1, 0.15) is 12.5 Å². The Bertz CT molecular complexity index is 991. The number of benzene rings is 3. The minimum Gasteiger partial charge on any atom is -0.744 e. The molecule has 0 aromatic heterocycles. The molecule has 0 saturated carbocycles. The van der Waals surface area contributed by atoms with Crippen molar-refractivity contribution >= 4 is 37.2 Å². The summed E-state index contributed by atoms with van der Waals surface area (Å²) in [7, 11) is -4.53. The topological polar surface area (TPSA) is 57.2 Å². The Kier molecular flexibility index (Phi) is 4.80. The average Bonchev–Trinajstić information content (AvgIpc) is 2.44. The first-order chi connectivity index (χ1) is 9.89. The first-order valence-corrected chi connectivity index (χ1v) is 7.86. The van der Waals surface area contributed by atoms with Crippen molar-refractivity contribution in [1.29, 1.82) is 0 Å². The normalized spacial score (nSPS) is 11.4. The van der Waals surface area contributed by atoms with Gasteiger partial charge in [0.05, 0.1) is 4.90 Å². The van der Waals surface area contributed by atoms with Crippen LogP contribution in [0.4, 0.5) is 0 Å². The molecule has 3 rings (SSSR count). The molecule has 3 aromatic carbocycles. The second-order valence-electron chi connectivity index (χ2n) is 5.05. The van der Waals surface area contributed by atoms with E-state index in [2.05, 4.69) is 6.58 Å². The van der Waals surface area contributed by atoms with Gasteiger partial charge in [-0.05, 0) is 40.1 Å². The summed E-state index contributed by atoms with van der Waals surface area (Å²) >= 11 is 0. The van der Waals surface area contributed by atoms with Crippen LogP contribution in [0.2, 0.25) is 0 Å². The molecule has 3 aromatic rings. The van der Waals surface area contributed by atoms with E-state index in [0.717, 1.165) is 21.5 Å². The standard InChI is InChI=1S/C17H14O3S.Na/c1-11(2)17-15-8-7-12-5-3-4-6-13(12)14(15)9-10-16(17)21(18,19)20;/h3-10H,1H2,2H3,(H,18,19,20);/q;+1/p-1. The summed E-state index contributed by atoms with van der Waals surface area (Å²) in [6.07, 6.45) is 0. The molecule has 0 atom stereocenters. The predicted octanol–water partition coefficient (Wildman–Crippen LogP) is 0.934. The van der Waals surface area contributed by atoms with E-state index in [0.29, 0.717) is 11.1 Å². The van der Waals surface area contributed by atoms with E-state index >= 15 is 0 Å². The van der Waals surface area contributed by atoms with Gasteiger partial charge in [-0.1, -0.05) is 49.0 Å². The van der Waals surface area contributed by atoms with E-state index in [1.165, 1.54) is 6.07 Å². The molecule has 0 N–H and O–H groups in total. The fraction of sp³-hybridized carbons (Fsp3) is 0.0588. The molecule has 3 nitrogen and oxygen atoms in total. The van der Waals surface area contributed by atoms with E-state index in [9.17, 15) is 13.0 Å². The van der Waals surface area contributed by atoms with Crippen LogP contribution in [0.25, 0.3) is 27.1 Å². The largest absolute Gasteiger partial charge is 1.00 e. The molecule has 0 radical (unpaired) electrons. The monoisotopic (exact) mass is 320 g/mol. The van der Waals surface area contributed by atoms with Crippen LogP contribution in [0, 0.1) is 0 Å². The van der Waals surface area contributed by atoms with Gasteiger partial charge >= 0.3 is 29.6 Å². The van der Waals surface area contributed by atoms with E-state index in [4.69, 9.17) is 0 Å². The van der Waals surface area contributed by atoms with Gasteiger partial charge in [-0.3, -0.25) is 0 Å². The van der Waals surface area contributed by atoms with Crippen molar-refractivity contribution in [2.24, 2.45) is 0 Å². The molecule has 0 aliphatic carbocycles. The van der Waals surface area contributed by atoms with Crippen LogP contribution in [0.3, 0.4) is 0 Å². The summed E-state index contributed by atoms with van der Waals surface area (Å²) in [6, 6.07) is 14.7. The van der Waals surface area contributed by atoms with E-state index in [1.54, 1.807) is 13.0 Å². The molecule has 0 amide bonds. The Morgan fingerprint density at radius 2 is 1.59 bits per heavy atom. The number of hydrogen-bond donors (Lipinski definition) is 0. The van der Waals surface area contributed by atoms with Crippen molar-refractivity contribution in [3.63, 3.8) is 0 Å². The molecule has 0 aliphatic heterocycles. The smallest absolute Gasteiger partial charge is 0.744 e. The molecular formula is C17H13NaO3S. The molecule has 106 valence electrons. The maximum absolute atomic E-state index is 11.5. The van der Waals surface area contributed by atoms with Gasteiger partial charge in [0.15, 0.2) is 0 Å². The van der Waals surface area contributed by atoms with E-state index in [-0.39, 0.29) is 34.5 Å². The van der Waals surface area contributed by atoms with Crippen molar-refractivity contribution < 1.29 is 42.5 Å². The Morgan fingerprint density at radius 1 is 0.955 bits per heavy atom. The van der Waals surface area contributed by atoms with Gasteiger partial charge in [-0.25, -0.2) is 8.42 Å². The van der Waals surface area contributed by atoms with Gasteiger partial charge in [0, 0.05) is 5.56 Å². The van der Waals surface area contributed by atoms with Gasteiger partial charge in [0.25, 0.3) is 0 Å². The van der Waals surface area contributed by atoms with Crippen LogP contribution in [0.15, 0.2) is 60.0 Å². The molecule has 0 heterocycles. The molecule has 5 heteroatoms. The van der Waals surface area contributed by atoms with Gasteiger partial charge in [0.2, 0.25) is 0 Å². The molecule has 0 bridgehead atoms. The molecule has 0 fully saturated rings. The Morgan fingerprint density at radius 3 is 2.23 bits per heavy atom. The average molecular weight is 320 g/mol. The molecule has 0 saturated heterocycles. The fourth-order valence-corrected chi connectivity index (χ4v) is 3.49. The van der Waals surface area contributed by atoms with Crippen LogP contribution >= 0.6 is 0 Å². The van der Waals surface area contributed by atoms with Gasteiger partial charge in [-0.15, -0.1) is 0 Å². The summed E-state index contributed by atoms with van der Waals surface area (Å²) in [6.45, 7) is 5.53. The van der Waals surface area contributed by atoms with Crippen molar-refractivity contribution in [3.05, 3.63) is 60.7 Å². The summed E-state index contributed by atoms with van der Waals surface area (Å²) in [4.78, 5) is -0.210. The van der Waals surface area contributed by atoms with Crippen molar-refractivity contribution in [3.8, 4) is 0 Å². The van der Waals surface area contributed by atoms with Gasteiger partial charge in [-0.2, -0.15) is 0 Å². The SMILES string of the molecule is C=C(C)c1c(S(=O)(=O)[O-])ccc2c1ccc1ccccc12.[Na+]. The van der Waals surface area contributed by atoms with Crippen LogP contribution < -0.4 is 29.6 Å². The van der Waals surface area contributed by atoms with Gasteiger partial charge < -0.3 is 4.55 Å². The molecule has 22 heavy (non-hydrogen) atoms. The zero-order chi connectivity index (χ0) is 15.2. The number of allylic oxidation sites excluding steroid dienone is 1. The molecular weight excluding hydrogens is 307 g/mol. The number of fused-ring (bicyclic) bond motifs is 3. The number of hydrogen-bond acceptors (Lipinski definition) is 3. The quantitative estimate of drug-likeness (QED) is 0.401. The third-order valence-corrected chi connectivity index (χ3v) is 4.46. The first-order valence-electron chi connectivity index (χ1n) is 6.46. The Labute approximate surface area is 151 Å². The Balaban J connectivity index is 0.00000176. The third-order valence-electron chi connectivity index (χ3n) is 3.58. The zero-order valence-corrected chi connectivity index (χ0v) is 15.3. The second-order valence-corrected chi connectivity index (χ2v) is 6.40. The minimum absolute atomic E-state index is 0. The van der Waals surface area contributed by atoms with E-state index < -0.39 is 10.1 Å². The van der Waals surface area contributed by atoms with Crippen molar-refractivity contribution in [2.75, 3.05) is 0 Å². The van der Waals surface area contributed by atoms with Crippen LogP contribution in [-0.4, -0.2) is 13.0 Å². The fourth-order valence-electron chi connectivity index (χ4n) is 2.72. The molecule has 0 unspecified atom stereocenters. The summed E-state index contributed by atoms with van der Waals surface area (Å²) < 4.78 is 34.4. The van der Waals surface area contributed by atoms with Crippen molar-refractivity contribution in [1.82, 2.24) is 0 Å². The minimum atomic E-state index is -4.53. The maximum atomic E-state index is 11.5. The van der Waals surface area contributed by atoms with E-state index in [1.807, 2.05) is 36.4 Å². The number of rotatable bonds is 2. The maximum Gasteiger partial charge on any atom is 1.00 e. The first kappa shape index (κ1) is 17.2. The Hall–Kier alpha value is -1.17. The molecule has 0 aliphatic rings. The molecule has 0 spiro atoms. The summed E-state index contributed by atoms with van der Waals surface area (Å²) in [5.74, 6) is 0.